The molecule has 1 fully saturated rings. The Kier molecular flexibility index (Phi) is 1.78. The average molecular weight is 148 g/mol. The van der Waals surface area contributed by atoms with E-state index in [9.17, 15) is 0 Å². The van der Waals surface area contributed by atoms with Crippen molar-refractivity contribution in [3.8, 4) is 0 Å². The van der Waals surface area contributed by atoms with Gasteiger partial charge in [0.25, 0.3) is 0 Å². The molecule has 1 N–H and O–H groups in total. The number of hydrogen-bond acceptors (Lipinski definition) is 2. The van der Waals surface area contributed by atoms with Crippen LogP contribution in [0.1, 0.15) is 0 Å². The molecule has 1 saturated heterocycles. The van der Waals surface area contributed by atoms with E-state index >= 15 is 0 Å². The van der Waals surface area contributed by atoms with Gasteiger partial charge in [-0.1, -0.05) is 18.2 Å². The lowest BCUT2D eigenvalue weighted by atomic mass is 10.3. The zero-order valence-electron chi connectivity index (χ0n) is 6.21. The molecule has 0 amide bonds. The molecule has 0 aromatic heterocycles. The van der Waals surface area contributed by atoms with Crippen LogP contribution in [-0.4, -0.2) is 19.3 Å². The van der Waals surface area contributed by atoms with Crippen molar-refractivity contribution in [1.29, 1.82) is 0 Å². The Bertz CT molecular complexity index is 218. The van der Waals surface area contributed by atoms with Crippen LogP contribution in [0.25, 0.3) is 0 Å². The molecule has 1 aromatic rings. The van der Waals surface area contributed by atoms with Crippen LogP contribution in [0.5, 0.6) is 0 Å². The molecular formula is C9H10NO. The Balaban J connectivity index is 1.85. The van der Waals surface area contributed by atoms with Crippen LogP contribution in [0.15, 0.2) is 24.3 Å². The van der Waals surface area contributed by atoms with Crippen LogP contribution in [0.2, 0.25) is 0 Å². The lowest BCUT2D eigenvalue weighted by Crippen LogP contribution is -2.07. The normalized spacial score (nSPS) is 21.3. The Hall–Kier alpha value is -1.02. The molecule has 1 atom stereocenters. The van der Waals surface area contributed by atoms with Crippen LogP contribution in [0.3, 0.4) is 0 Å². The van der Waals surface area contributed by atoms with Crippen LogP contribution in [-0.2, 0) is 4.74 Å². The van der Waals surface area contributed by atoms with Crippen molar-refractivity contribution >= 4 is 5.69 Å². The minimum atomic E-state index is 0.434. The quantitative estimate of drug-likeness (QED) is 0.653. The molecule has 0 saturated carbocycles. The maximum absolute atomic E-state index is 5.05. The van der Waals surface area contributed by atoms with E-state index in [1.54, 1.807) is 0 Å². The molecule has 2 heteroatoms. The largest absolute Gasteiger partial charge is 0.382 e. The smallest absolute Gasteiger partial charge is 0.0981 e. The molecule has 11 heavy (non-hydrogen) atoms. The number of anilines is 1. The third-order valence-electron chi connectivity index (χ3n) is 1.63. The van der Waals surface area contributed by atoms with Gasteiger partial charge in [0.05, 0.1) is 12.7 Å². The second kappa shape index (κ2) is 2.93. The van der Waals surface area contributed by atoms with E-state index < -0.39 is 0 Å². The number of para-hydroxylation sites is 1. The fourth-order valence-electron chi connectivity index (χ4n) is 0.913. The van der Waals surface area contributed by atoms with Gasteiger partial charge in [-0.25, -0.2) is 0 Å². The number of rotatable bonds is 3. The number of hydrogen-bond donors (Lipinski definition) is 1. The molecule has 1 aliphatic rings. The van der Waals surface area contributed by atoms with Crippen molar-refractivity contribution in [1.82, 2.24) is 0 Å². The summed E-state index contributed by atoms with van der Waals surface area (Å²) < 4.78 is 5.05. The highest BCUT2D eigenvalue weighted by Crippen LogP contribution is 2.10. The molecule has 1 radical (unpaired) electrons. The maximum atomic E-state index is 5.05. The highest BCUT2D eigenvalue weighted by Gasteiger charge is 2.21. The maximum Gasteiger partial charge on any atom is 0.0981 e. The number of epoxide rings is 1. The molecule has 0 aliphatic carbocycles. The molecule has 1 unspecified atom stereocenters. The van der Waals surface area contributed by atoms with Crippen molar-refractivity contribution in [2.45, 2.75) is 6.10 Å². The fourth-order valence-corrected chi connectivity index (χ4v) is 0.913. The predicted molar refractivity (Wildman–Crippen MR) is 43.5 cm³/mol. The van der Waals surface area contributed by atoms with E-state index in [-0.39, 0.29) is 0 Å². The molecule has 0 bridgehead atoms. The summed E-state index contributed by atoms with van der Waals surface area (Å²) in [5.41, 5.74) is 1.04. The van der Waals surface area contributed by atoms with Crippen LogP contribution in [0, 0.1) is 6.07 Å². The van der Waals surface area contributed by atoms with Gasteiger partial charge >= 0.3 is 0 Å². The molecule has 0 spiro atoms. The third kappa shape index (κ3) is 1.95. The van der Waals surface area contributed by atoms with Gasteiger partial charge in [0.15, 0.2) is 0 Å². The van der Waals surface area contributed by atoms with Gasteiger partial charge in [0.2, 0.25) is 0 Å². The summed E-state index contributed by atoms with van der Waals surface area (Å²) in [5, 5.41) is 3.23. The van der Waals surface area contributed by atoms with Gasteiger partial charge in [0, 0.05) is 18.3 Å². The topological polar surface area (TPSA) is 24.6 Å². The van der Waals surface area contributed by atoms with E-state index in [1.165, 1.54) is 0 Å². The highest BCUT2D eigenvalue weighted by atomic mass is 16.6. The van der Waals surface area contributed by atoms with Crippen LogP contribution >= 0.6 is 0 Å². The van der Waals surface area contributed by atoms with Gasteiger partial charge in [-0.05, 0) is 6.07 Å². The number of benzene rings is 1. The van der Waals surface area contributed by atoms with Crippen molar-refractivity contribution in [2.24, 2.45) is 0 Å². The minimum Gasteiger partial charge on any atom is -0.382 e. The summed E-state index contributed by atoms with van der Waals surface area (Å²) in [6.07, 6.45) is 0.434. The Morgan fingerprint density at radius 2 is 2.55 bits per heavy atom. The average Bonchev–Trinajstić information content (AvgIpc) is 2.86. The predicted octanol–water partition coefficient (Wildman–Crippen LogP) is 1.30. The van der Waals surface area contributed by atoms with E-state index in [0.29, 0.717) is 6.10 Å². The third-order valence-corrected chi connectivity index (χ3v) is 1.63. The van der Waals surface area contributed by atoms with E-state index in [1.807, 2.05) is 24.3 Å². The van der Waals surface area contributed by atoms with Crippen molar-refractivity contribution in [3.05, 3.63) is 30.3 Å². The van der Waals surface area contributed by atoms with Gasteiger partial charge in [-0.15, -0.1) is 0 Å². The molecule has 2 nitrogen and oxygen atoms in total. The first-order chi connectivity index (χ1) is 5.45. The fraction of sp³-hybridized carbons (Fsp3) is 0.333. The Morgan fingerprint density at radius 1 is 1.64 bits per heavy atom. The molecule has 1 heterocycles. The zero-order valence-corrected chi connectivity index (χ0v) is 6.21. The first-order valence-corrected chi connectivity index (χ1v) is 3.77. The van der Waals surface area contributed by atoms with Crippen LogP contribution < -0.4 is 5.32 Å². The molecular weight excluding hydrogens is 138 g/mol. The highest BCUT2D eigenvalue weighted by molar-refractivity contribution is 5.41. The second-order valence-electron chi connectivity index (χ2n) is 2.61. The van der Waals surface area contributed by atoms with Gasteiger partial charge < -0.3 is 10.1 Å². The van der Waals surface area contributed by atoms with E-state index in [2.05, 4.69) is 11.4 Å². The summed E-state index contributed by atoms with van der Waals surface area (Å²) in [6, 6.07) is 10.9. The lowest BCUT2D eigenvalue weighted by Gasteiger charge is -2.01. The van der Waals surface area contributed by atoms with E-state index in [0.717, 1.165) is 18.8 Å². The minimum absolute atomic E-state index is 0.434. The molecule has 2 rings (SSSR count). The van der Waals surface area contributed by atoms with Crippen molar-refractivity contribution < 1.29 is 4.74 Å². The summed E-state index contributed by atoms with van der Waals surface area (Å²) in [6.45, 7) is 1.81. The second-order valence-corrected chi connectivity index (χ2v) is 2.61. The Labute approximate surface area is 66.2 Å². The number of nitrogens with one attached hydrogen (secondary N) is 1. The molecule has 1 aromatic carbocycles. The molecule has 1 aliphatic heterocycles. The summed E-state index contributed by atoms with van der Waals surface area (Å²) in [7, 11) is 0. The van der Waals surface area contributed by atoms with Gasteiger partial charge in [-0.3, -0.25) is 0 Å². The molecule has 57 valence electrons. The monoisotopic (exact) mass is 148 g/mol. The van der Waals surface area contributed by atoms with Crippen molar-refractivity contribution in [3.63, 3.8) is 0 Å². The first-order valence-electron chi connectivity index (χ1n) is 3.77. The van der Waals surface area contributed by atoms with Gasteiger partial charge in [-0.2, -0.15) is 0 Å². The summed E-state index contributed by atoms with van der Waals surface area (Å²) in [5.74, 6) is 0. The van der Waals surface area contributed by atoms with Crippen LogP contribution in [0.4, 0.5) is 5.69 Å². The summed E-state index contributed by atoms with van der Waals surface area (Å²) >= 11 is 0. The number of ether oxygens (including phenoxy) is 1. The van der Waals surface area contributed by atoms with Gasteiger partial charge in [0.1, 0.15) is 0 Å². The zero-order chi connectivity index (χ0) is 7.52. The summed E-state index contributed by atoms with van der Waals surface area (Å²) in [4.78, 5) is 0. The standard InChI is InChI=1S/C9H10NO/c1-2-4-8(5-3-1)10-6-9-7-11-9/h1-4,9-10H,6-7H2. The lowest BCUT2D eigenvalue weighted by molar-refractivity contribution is 0.417. The SMILES string of the molecule is [c]1ccccc1NCC1CO1. The van der Waals surface area contributed by atoms with E-state index in [4.69, 9.17) is 4.74 Å². The Morgan fingerprint density at radius 3 is 3.18 bits per heavy atom. The first kappa shape index (κ1) is 6.68. The van der Waals surface area contributed by atoms with Crippen molar-refractivity contribution in [2.75, 3.05) is 18.5 Å².